The van der Waals surface area contributed by atoms with Gasteiger partial charge in [-0.3, -0.25) is 4.98 Å². The van der Waals surface area contributed by atoms with Crippen LogP contribution in [0.15, 0.2) is 24.5 Å². The van der Waals surface area contributed by atoms with Gasteiger partial charge in [0, 0.05) is 25.0 Å². The molecular formula is C13H20N2. The molecule has 0 bridgehead atoms. The van der Waals surface area contributed by atoms with Crippen LogP contribution >= 0.6 is 0 Å². The summed E-state index contributed by atoms with van der Waals surface area (Å²) in [5, 5.41) is 3.61. The molecule has 0 aromatic carbocycles. The second-order valence-corrected chi connectivity index (χ2v) is 4.57. The zero-order valence-corrected chi connectivity index (χ0v) is 9.45. The zero-order chi connectivity index (χ0) is 10.5. The van der Waals surface area contributed by atoms with Gasteiger partial charge in [0.1, 0.15) is 0 Å². The Morgan fingerprint density at radius 3 is 2.67 bits per heavy atom. The van der Waals surface area contributed by atoms with Crippen LogP contribution in [0.1, 0.15) is 38.2 Å². The first-order chi connectivity index (χ1) is 7.36. The van der Waals surface area contributed by atoms with Gasteiger partial charge in [-0.1, -0.05) is 12.8 Å². The molecule has 1 aromatic rings. The number of rotatable bonds is 4. The smallest absolute Gasteiger partial charge is 0.0271 e. The van der Waals surface area contributed by atoms with E-state index in [-0.39, 0.29) is 0 Å². The molecule has 1 N–H and O–H groups in total. The number of aromatic nitrogens is 1. The lowest BCUT2D eigenvalue weighted by molar-refractivity contribution is 0.380. The second-order valence-electron chi connectivity index (χ2n) is 4.57. The van der Waals surface area contributed by atoms with E-state index in [0.717, 1.165) is 12.5 Å². The number of hydrogen-bond acceptors (Lipinski definition) is 2. The Balaban J connectivity index is 1.77. The molecule has 0 aliphatic heterocycles. The van der Waals surface area contributed by atoms with Crippen LogP contribution in [0.5, 0.6) is 0 Å². The standard InChI is InChI=1S/C13H20N2/c1-11(13-4-2-3-5-13)15-10-12-6-8-14-9-7-12/h6-9,11,13,15H,2-5,10H2,1H3/t11-/m1/s1. The van der Waals surface area contributed by atoms with E-state index in [1.165, 1.54) is 31.2 Å². The largest absolute Gasteiger partial charge is 0.310 e. The first-order valence-corrected chi connectivity index (χ1v) is 5.98. The van der Waals surface area contributed by atoms with E-state index in [9.17, 15) is 0 Å². The van der Waals surface area contributed by atoms with Crippen LogP contribution in [0.3, 0.4) is 0 Å². The Morgan fingerprint density at radius 1 is 1.33 bits per heavy atom. The topological polar surface area (TPSA) is 24.9 Å². The van der Waals surface area contributed by atoms with Crippen molar-refractivity contribution in [3.8, 4) is 0 Å². The van der Waals surface area contributed by atoms with E-state index in [2.05, 4.69) is 29.4 Å². The van der Waals surface area contributed by atoms with E-state index < -0.39 is 0 Å². The molecule has 2 nitrogen and oxygen atoms in total. The molecule has 15 heavy (non-hydrogen) atoms. The van der Waals surface area contributed by atoms with Gasteiger partial charge in [-0.2, -0.15) is 0 Å². The summed E-state index contributed by atoms with van der Waals surface area (Å²) in [6.45, 7) is 3.29. The third kappa shape index (κ3) is 3.03. The Hall–Kier alpha value is -0.890. The van der Waals surface area contributed by atoms with Gasteiger partial charge in [-0.15, -0.1) is 0 Å². The molecular weight excluding hydrogens is 184 g/mol. The molecule has 2 heteroatoms. The first kappa shape index (κ1) is 10.6. The minimum Gasteiger partial charge on any atom is -0.310 e. The lowest BCUT2D eigenvalue weighted by Crippen LogP contribution is -2.31. The van der Waals surface area contributed by atoms with Crippen molar-refractivity contribution in [1.29, 1.82) is 0 Å². The average molecular weight is 204 g/mol. The SMILES string of the molecule is C[C@@H](NCc1ccncc1)C1CCCC1. The molecule has 1 heterocycles. The van der Waals surface area contributed by atoms with Gasteiger partial charge in [-0.05, 0) is 43.4 Å². The summed E-state index contributed by atoms with van der Waals surface area (Å²) in [6, 6.07) is 4.81. The Bertz CT molecular complexity index is 278. The fraction of sp³-hybridized carbons (Fsp3) is 0.615. The Morgan fingerprint density at radius 2 is 2.00 bits per heavy atom. The maximum atomic E-state index is 4.02. The van der Waals surface area contributed by atoms with Crippen molar-refractivity contribution in [2.24, 2.45) is 5.92 Å². The van der Waals surface area contributed by atoms with Gasteiger partial charge >= 0.3 is 0 Å². The van der Waals surface area contributed by atoms with Crippen molar-refractivity contribution in [2.45, 2.75) is 45.2 Å². The molecule has 1 aliphatic rings. The Labute approximate surface area is 92.1 Å². The predicted octanol–water partition coefficient (Wildman–Crippen LogP) is 2.75. The average Bonchev–Trinajstić information content (AvgIpc) is 2.81. The summed E-state index contributed by atoms with van der Waals surface area (Å²) in [5.41, 5.74) is 1.33. The van der Waals surface area contributed by atoms with Gasteiger partial charge in [-0.25, -0.2) is 0 Å². The number of pyridine rings is 1. The van der Waals surface area contributed by atoms with Crippen molar-refractivity contribution in [3.63, 3.8) is 0 Å². The van der Waals surface area contributed by atoms with Crippen molar-refractivity contribution >= 4 is 0 Å². The highest BCUT2D eigenvalue weighted by Gasteiger charge is 2.20. The van der Waals surface area contributed by atoms with E-state index in [1.54, 1.807) is 0 Å². The molecule has 0 spiro atoms. The van der Waals surface area contributed by atoms with Crippen LogP contribution in [-0.2, 0) is 6.54 Å². The van der Waals surface area contributed by atoms with E-state index in [0.29, 0.717) is 6.04 Å². The number of nitrogens with one attached hydrogen (secondary N) is 1. The molecule has 1 aliphatic carbocycles. The van der Waals surface area contributed by atoms with Crippen molar-refractivity contribution in [2.75, 3.05) is 0 Å². The molecule has 1 atom stereocenters. The summed E-state index contributed by atoms with van der Waals surface area (Å²) < 4.78 is 0. The summed E-state index contributed by atoms with van der Waals surface area (Å²) in [7, 11) is 0. The fourth-order valence-electron chi connectivity index (χ4n) is 2.40. The maximum absolute atomic E-state index is 4.02. The third-order valence-corrected chi connectivity index (χ3v) is 3.48. The molecule has 1 fully saturated rings. The summed E-state index contributed by atoms with van der Waals surface area (Å²) >= 11 is 0. The van der Waals surface area contributed by atoms with Crippen LogP contribution in [0.4, 0.5) is 0 Å². The summed E-state index contributed by atoms with van der Waals surface area (Å²) in [6.07, 6.45) is 9.38. The van der Waals surface area contributed by atoms with Crippen molar-refractivity contribution in [3.05, 3.63) is 30.1 Å². The fourth-order valence-corrected chi connectivity index (χ4v) is 2.40. The normalized spacial score (nSPS) is 19.3. The highest BCUT2D eigenvalue weighted by atomic mass is 14.9. The zero-order valence-electron chi connectivity index (χ0n) is 9.45. The first-order valence-electron chi connectivity index (χ1n) is 5.98. The maximum Gasteiger partial charge on any atom is 0.0271 e. The molecule has 1 saturated carbocycles. The minimum absolute atomic E-state index is 0.653. The second kappa shape index (κ2) is 5.26. The third-order valence-electron chi connectivity index (χ3n) is 3.48. The van der Waals surface area contributed by atoms with Gasteiger partial charge in [0.25, 0.3) is 0 Å². The van der Waals surface area contributed by atoms with E-state index in [4.69, 9.17) is 0 Å². The van der Waals surface area contributed by atoms with Gasteiger partial charge in [0.2, 0.25) is 0 Å². The van der Waals surface area contributed by atoms with Crippen molar-refractivity contribution < 1.29 is 0 Å². The molecule has 82 valence electrons. The van der Waals surface area contributed by atoms with Gasteiger partial charge < -0.3 is 5.32 Å². The van der Waals surface area contributed by atoms with E-state index in [1.807, 2.05) is 12.4 Å². The molecule has 2 rings (SSSR count). The lowest BCUT2D eigenvalue weighted by atomic mass is 10.00. The lowest BCUT2D eigenvalue weighted by Gasteiger charge is -2.20. The van der Waals surface area contributed by atoms with Crippen LogP contribution in [0, 0.1) is 5.92 Å². The molecule has 0 amide bonds. The van der Waals surface area contributed by atoms with E-state index >= 15 is 0 Å². The minimum atomic E-state index is 0.653. The number of nitrogens with zero attached hydrogens (tertiary/aromatic N) is 1. The Kier molecular flexibility index (Phi) is 3.73. The van der Waals surface area contributed by atoms with Crippen LogP contribution in [-0.4, -0.2) is 11.0 Å². The van der Waals surface area contributed by atoms with Crippen LogP contribution < -0.4 is 5.32 Å². The molecule has 1 aromatic heterocycles. The predicted molar refractivity (Wildman–Crippen MR) is 62.5 cm³/mol. The summed E-state index contributed by atoms with van der Waals surface area (Å²) in [4.78, 5) is 4.02. The molecule has 0 unspecified atom stereocenters. The highest BCUT2D eigenvalue weighted by molar-refractivity contribution is 5.09. The number of hydrogen-bond donors (Lipinski definition) is 1. The highest BCUT2D eigenvalue weighted by Crippen LogP contribution is 2.27. The van der Waals surface area contributed by atoms with Crippen LogP contribution in [0.2, 0.25) is 0 Å². The quantitative estimate of drug-likeness (QED) is 0.815. The van der Waals surface area contributed by atoms with Crippen molar-refractivity contribution in [1.82, 2.24) is 10.3 Å². The van der Waals surface area contributed by atoms with Crippen LogP contribution in [0.25, 0.3) is 0 Å². The monoisotopic (exact) mass is 204 g/mol. The molecule has 0 saturated heterocycles. The van der Waals surface area contributed by atoms with Gasteiger partial charge in [0.15, 0.2) is 0 Å². The van der Waals surface area contributed by atoms with Gasteiger partial charge in [0.05, 0.1) is 0 Å². The molecule has 0 radical (unpaired) electrons. The summed E-state index contributed by atoms with van der Waals surface area (Å²) in [5.74, 6) is 0.895.